The Morgan fingerprint density at radius 2 is 1.94 bits per heavy atom. The van der Waals surface area contributed by atoms with Gasteiger partial charge in [-0.2, -0.15) is 5.10 Å². The van der Waals surface area contributed by atoms with Gasteiger partial charge in [-0.25, -0.2) is 4.98 Å². The molecular weight excluding hydrogens is 204 g/mol. The molecule has 0 amide bonds. The largest absolute Gasteiger partial charge is 0.381 e. The Balaban J connectivity index is 2.19. The van der Waals surface area contributed by atoms with Crippen molar-refractivity contribution in [1.29, 1.82) is 0 Å². The zero-order chi connectivity index (χ0) is 11.8. The molecule has 90 valence electrons. The van der Waals surface area contributed by atoms with Crippen LogP contribution in [0.15, 0.2) is 0 Å². The molecule has 0 fully saturated rings. The van der Waals surface area contributed by atoms with E-state index in [2.05, 4.69) is 27.4 Å². The summed E-state index contributed by atoms with van der Waals surface area (Å²) in [4.78, 5) is 4.28. The van der Waals surface area contributed by atoms with E-state index in [4.69, 9.17) is 4.74 Å². The van der Waals surface area contributed by atoms with Crippen molar-refractivity contribution in [1.82, 2.24) is 15.2 Å². The standard InChI is InChI=1S/C11H20N4O/c1-4-7-16-8-5-6-12-11-13-9(2)10(3)14-15-11/h4-8H2,1-3H3,(H,12,13,15). The lowest BCUT2D eigenvalue weighted by molar-refractivity contribution is 0.134. The smallest absolute Gasteiger partial charge is 0.242 e. The van der Waals surface area contributed by atoms with Gasteiger partial charge < -0.3 is 10.1 Å². The fourth-order valence-electron chi connectivity index (χ4n) is 1.15. The van der Waals surface area contributed by atoms with Crippen LogP contribution in [0.1, 0.15) is 31.2 Å². The van der Waals surface area contributed by atoms with Gasteiger partial charge >= 0.3 is 0 Å². The Hall–Kier alpha value is -1.23. The van der Waals surface area contributed by atoms with E-state index in [9.17, 15) is 0 Å². The van der Waals surface area contributed by atoms with E-state index in [1.807, 2.05) is 13.8 Å². The summed E-state index contributed by atoms with van der Waals surface area (Å²) in [5.74, 6) is 0.596. The average Bonchev–Trinajstić information content (AvgIpc) is 2.28. The van der Waals surface area contributed by atoms with Crippen LogP contribution < -0.4 is 5.32 Å². The number of aryl methyl sites for hydroxylation is 2. The second-order valence-electron chi connectivity index (χ2n) is 3.70. The van der Waals surface area contributed by atoms with Crippen LogP contribution in [-0.2, 0) is 4.74 Å². The van der Waals surface area contributed by atoms with Gasteiger partial charge in [-0.05, 0) is 26.7 Å². The molecule has 0 aliphatic rings. The molecule has 0 unspecified atom stereocenters. The number of hydrogen-bond acceptors (Lipinski definition) is 5. The van der Waals surface area contributed by atoms with Gasteiger partial charge in [0.1, 0.15) is 0 Å². The molecule has 5 nitrogen and oxygen atoms in total. The van der Waals surface area contributed by atoms with Crippen LogP contribution in [-0.4, -0.2) is 34.9 Å². The number of nitrogens with zero attached hydrogens (tertiary/aromatic N) is 3. The summed E-state index contributed by atoms with van der Waals surface area (Å²) in [6, 6.07) is 0. The summed E-state index contributed by atoms with van der Waals surface area (Å²) in [5, 5.41) is 11.1. The normalized spacial score (nSPS) is 10.4. The number of anilines is 1. The summed E-state index contributed by atoms with van der Waals surface area (Å²) < 4.78 is 5.37. The van der Waals surface area contributed by atoms with E-state index in [0.29, 0.717) is 5.95 Å². The van der Waals surface area contributed by atoms with Crippen molar-refractivity contribution in [2.45, 2.75) is 33.6 Å². The summed E-state index contributed by atoms with van der Waals surface area (Å²) in [5.41, 5.74) is 1.79. The highest BCUT2D eigenvalue weighted by atomic mass is 16.5. The number of aromatic nitrogens is 3. The molecule has 16 heavy (non-hydrogen) atoms. The molecule has 0 radical (unpaired) electrons. The van der Waals surface area contributed by atoms with E-state index >= 15 is 0 Å². The topological polar surface area (TPSA) is 59.9 Å². The van der Waals surface area contributed by atoms with Gasteiger partial charge in [0.2, 0.25) is 5.95 Å². The summed E-state index contributed by atoms with van der Waals surface area (Å²) in [7, 11) is 0. The van der Waals surface area contributed by atoms with Crippen LogP contribution in [0.4, 0.5) is 5.95 Å². The second kappa shape index (κ2) is 7.11. The molecule has 0 spiro atoms. The van der Waals surface area contributed by atoms with Gasteiger partial charge in [-0.15, -0.1) is 5.10 Å². The number of nitrogens with one attached hydrogen (secondary N) is 1. The highest BCUT2D eigenvalue weighted by Gasteiger charge is 1.99. The summed E-state index contributed by atoms with van der Waals surface area (Å²) in [6.45, 7) is 8.36. The zero-order valence-electron chi connectivity index (χ0n) is 10.3. The van der Waals surface area contributed by atoms with Gasteiger partial charge in [0.15, 0.2) is 0 Å². The predicted molar refractivity (Wildman–Crippen MR) is 63.5 cm³/mol. The third-order valence-electron chi connectivity index (χ3n) is 2.19. The molecule has 0 saturated heterocycles. The number of ether oxygens (including phenoxy) is 1. The van der Waals surface area contributed by atoms with Crippen molar-refractivity contribution < 1.29 is 4.74 Å². The van der Waals surface area contributed by atoms with Crippen LogP contribution in [0.3, 0.4) is 0 Å². The third-order valence-corrected chi connectivity index (χ3v) is 2.19. The number of hydrogen-bond donors (Lipinski definition) is 1. The first-order valence-corrected chi connectivity index (χ1v) is 5.73. The van der Waals surface area contributed by atoms with Crippen LogP contribution in [0.25, 0.3) is 0 Å². The molecule has 0 atom stereocenters. The molecule has 0 aliphatic carbocycles. The van der Waals surface area contributed by atoms with Gasteiger partial charge in [-0.1, -0.05) is 6.92 Å². The molecule has 1 rings (SSSR count). The molecule has 1 heterocycles. The highest BCUT2D eigenvalue weighted by Crippen LogP contribution is 2.01. The minimum Gasteiger partial charge on any atom is -0.381 e. The van der Waals surface area contributed by atoms with Crippen molar-refractivity contribution in [3.8, 4) is 0 Å². The van der Waals surface area contributed by atoms with Crippen molar-refractivity contribution in [2.75, 3.05) is 25.1 Å². The van der Waals surface area contributed by atoms with E-state index in [-0.39, 0.29) is 0 Å². The summed E-state index contributed by atoms with van der Waals surface area (Å²) in [6.07, 6.45) is 2.02. The Kier molecular flexibility index (Phi) is 5.71. The molecule has 1 aromatic rings. The lowest BCUT2D eigenvalue weighted by atomic mass is 10.4. The highest BCUT2D eigenvalue weighted by molar-refractivity contribution is 5.24. The van der Waals surface area contributed by atoms with Gasteiger partial charge in [0, 0.05) is 19.8 Å². The molecule has 1 aromatic heterocycles. The van der Waals surface area contributed by atoms with E-state index < -0.39 is 0 Å². The van der Waals surface area contributed by atoms with Gasteiger partial charge in [0.05, 0.1) is 11.4 Å². The molecule has 0 aliphatic heterocycles. The second-order valence-corrected chi connectivity index (χ2v) is 3.70. The average molecular weight is 224 g/mol. The van der Waals surface area contributed by atoms with Crippen LogP contribution >= 0.6 is 0 Å². The molecule has 0 aromatic carbocycles. The van der Waals surface area contributed by atoms with Crippen molar-refractivity contribution >= 4 is 5.95 Å². The molecule has 5 heteroatoms. The quantitative estimate of drug-likeness (QED) is 0.714. The maximum Gasteiger partial charge on any atom is 0.242 e. The predicted octanol–water partition coefficient (Wildman–Crippen LogP) is 1.72. The maximum atomic E-state index is 5.37. The van der Waals surface area contributed by atoms with E-state index in [1.165, 1.54) is 0 Å². The lowest BCUT2D eigenvalue weighted by Gasteiger charge is -2.05. The van der Waals surface area contributed by atoms with E-state index in [0.717, 1.165) is 44.0 Å². The first-order chi connectivity index (χ1) is 7.74. The SMILES string of the molecule is CCCOCCCNc1nnc(C)c(C)n1. The Bertz CT molecular complexity index is 317. The fourth-order valence-corrected chi connectivity index (χ4v) is 1.15. The molecule has 0 saturated carbocycles. The van der Waals surface area contributed by atoms with Crippen molar-refractivity contribution in [3.05, 3.63) is 11.4 Å². The fraction of sp³-hybridized carbons (Fsp3) is 0.727. The Morgan fingerprint density at radius 1 is 1.12 bits per heavy atom. The van der Waals surface area contributed by atoms with Crippen LogP contribution in [0.5, 0.6) is 0 Å². The molecular formula is C11H20N4O. The van der Waals surface area contributed by atoms with Gasteiger partial charge in [-0.3, -0.25) is 0 Å². The van der Waals surface area contributed by atoms with Gasteiger partial charge in [0.25, 0.3) is 0 Å². The zero-order valence-corrected chi connectivity index (χ0v) is 10.3. The third kappa shape index (κ3) is 4.53. The monoisotopic (exact) mass is 224 g/mol. The molecule has 1 N–H and O–H groups in total. The van der Waals surface area contributed by atoms with Crippen LogP contribution in [0, 0.1) is 13.8 Å². The van der Waals surface area contributed by atoms with E-state index in [1.54, 1.807) is 0 Å². The van der Waals surface area contributed by atoms with Crippen molar-refractivity contribution in [2.24, 2.45) is 0 Å². The Morgan fingerprint density at radius 3 is 2.62 bits per heavy atom. The Labute approximate surface area is 96.6 Å². The number of rotatable bonds is 7. The first-order valence-electron chi connectivity index (χ1n) is 5.73. The lowest BCUT2D eigenvalue weighted by Crippen LogP contribution is -2.10. The summed E-state index contributed by atoms with van der Waals surface area (Å²) >= 11 is 0. The maximum absolute atomic E-state index is 5.37. The van der Waals surface area contributed by atoms with Crippen LogP contribution in [0.2, 0.25) is 0 Å². The first kappa shape index (κ1) is 12.8. The minimum absolute atomic E-state index is 0.596. The minimum atomic E-state index is 0.596. The van der Waals surface area contributed by atoms with Crippen molar-refractivity contribution in [3.63, 3.8) is 0 Å². The molecule has 0 bridgehead atoms.